The molecule has 0 saturated heterocycles. The van der Waals surface area contributed by atoms with Gasteiger partial charge in [-0.15, -0.1) is 0 Å². The SMILES string of the molecule is CC(C)N(Cc1nc(-c2ccccc2)no1)C(=O)c1ccc(Br)cc1. The van der Waals surface area contributed by atoms with E-state index in [1.165, 1.54) is 0 Å². The number of carbonyl (C=O) groups is 1. The van der Waals surface area contributed by atoms with Gasteiger partial charge in [0, 0.05) is 21.6 Å². The second-order valence-corrected chi connectivity index (χ2v) is 6.83. The number of rotatable bonds is 5. The Labute approximate surface area is 154 Å². The Balaban J connectivity index is 1.79. The fourth-order valence-corrected chi connectivity index (χ4v) is 2.68. The second kappa shape index (κ2) is 7.61. The van der Waals surface area contributed by atoms with Gasteiger partial charge in [-0.25, -0.2) is 0 Å². The highest BCUT2D eigenvalue weighted by molar-refractivity contribution is 9.10. The molecular weight excluding hydrogens is 382 g/mol. The average molecular weight is 400 g/mol. The van der Waals surface area contributed by atoms with Crippen LogP contribution in [-0.4, -0.2) is 27.0 Å². The molecule has 0 saturated carbocycles. The van der Waals surface area contributed by atoms with Gasteiger partial charge in [0.2, 0.25) is 11.7 Å². The van der Waals surface area contributed by atoms with E-state index in [9.17, 15) is 4.79 Å². The molecule has 0 unspecified atom stereocenters. The first-order valence-corrected chi connectivity index (χ1v) is 8.78. The molecule has 2 aromatic carbocycles. The van der Waals surface area contributed by atoms with Gasteiger partial charge in [-0.3, -0.25) is 4.79 Å². The van der Waals surface area contributed by atoms with Crippen LogP contribution in [0.15, 0.2) is 63.6 Å². The highest BCUT2D eigenvalue weighted by Crippen LogP contribution is 2.18. The van der Waals surface area contributed by atoms with Crippen LogP contribution in [0.4, 0.5) is 0 Å². The van der Waals surface area contributed by atoms with Crippen molar-refractivity contribution < 1.29 is 9.32 Å². The monoisotopic (exact) mass is 399 g/mol. The van der Waals surface area contributed by atoms with Crippen LogP contribution in [0.5, 0.6) is 0 Å². The highest BCUT2D eigenvalue weighted by atomic mass is 79.9. The molecule has 0 aliphatic rings. The summed E-state index contributed by atoms with van der Waals surface area (Å²) < 4.78 is 6.28. The van der Waals surface area contributed by atoms with Gasteiger partial charge in [0.1, 0.15) is 6.54 Å². The molecule has 6 heteroatoms. The lowest BCUT2D eigenvalue weighted by Gasteiger charge is -2.25. The minimum absolute atomic E-state index is 0.00298. The molecule has 5 nitrogen and oxygen atoms in total. The van der Waals surface area contributed by atoms with Gasteiger partial charge in [-0.05, 0) is 38.1 Å². The van der Waals surface area contributed by atoms with E-state index in [4.69, 9.17) is 4.52 Å². The molecular formula is C19H18BrN3O2. The Morgan fingerprint density at radius 3 is 2.44 bits per heavy atom. The van der Waals surface area contributed by atoms with Crippen molar-refractivity contribution in [3.8, 4) is 11.4 Å². The van der Waals surface area contributed by atoms with E-state index < -0.39 is 0 Å². The van der Waals surface area contributed by atoms with Gasteiger partial charge < -0.3 is 9.42 Å². The minimum Gasteiger partial charge on any atom is -0.337 e. The van der Waals surface area contributed by atoms with E-state index >= 15 is 0 Å². The fraction of sp³-hybridized carbons (Fsp3) is 0.211. The molecule has 1 amide bonds. The van der Waals surface area contributed by atoms with Crippen LogP contribution in [0, 0.1) is 0 Å². The molecule has 25 heavy (non-hydrogen) atoms. The predicted molar refractivity (Wildman–Crippen MR) is 98.9 cm³/mol. The van der Waals surface area contributed by atoms with Gasteiger partial charge in [-0.2, -0.15) is 4.98 Å². The summed E-state index contributed by atoms with van der Waals surface area (Å²) in [5, 5.41) is 4.01. The Hall–Kier alpha value is -2.47. The quantitative estimate of drug-likeness (QED) is 0.631. The first-order valence-electron chi connectivity index (χ1n) is 7.99. The zero-order valence-electron chi connectivity index (χ0n) is 14.0. The Morgan fingerprint density at radius 1 is 1.12 bits per heavy atom. The summed E-state index contributed by atoms with van der Waals surface area (Å²) in [5.74, 6) is 0.871. The van der Waals surface area contributed by atoms with Crippen molar-refractivity contribution in [3.05, 3.63) is 70.5 Å². The van der Waals surface area contributed by atoms with Crippen molar-refractivity contribution >= 4 is 21.8 Å². The summed E-state index contributed by atoms with van der Waals surface area (Å²) in [4.78, 5) is 18.9. The van der Waals surface area contributed by atoms with Gasteiger partial charge in [0.15, 0.2) is 0 Å². The first-order chi connectivity index (χ1) is 12.0. The summed E-state index contributed by atoms with van der Waals surface area (Å²) in [6.07, 6.45) is 0. The number of hydrogen-bond donors (Lipinski definition) is 0. The molecule has 3 aromatic rings. The Morgan fingerprint density at radius 2 is 1.80 bits per heavy atom. The number of halogens is 1. The lowest BCUT2D eigenvalue weighted by molar-refractivity contribution is 0.0667. The van der Waals surface area contributed by atoms with Crippen molar-refractivity contribution in [1.29, 1.82) is 0 Å². The third kappa shape index (κ3) is 4.14. The third-order valence-electron chi connectivity index (χ3n) is 3.78. The summed E-state index contributed by atoms with van der Waals surface area (Å²) in [6, 6.07) is 16.9. The van der Waals surface area contributed by atoms with Crippen molar-refractivity contribution in [3.63, 3.8) is 0 Å². The normalized spacial score (nSPS) is 10.9. The van der Waals surface area contributed by atoms with E-state index in [0.29, 0.717) is 17.3 Å². The Kier molecular flexibility index (Phi) is 5.28. The van der Waals surface area contributed by atoms with Crippen LogP contribution in [-0.2, 0) is 6.54 Å². The molecule has 128 valence electrons. The molecule has 0 N–H and O–H groups in total. The summed E-state index contributed by atoms with van der Waals surface area (Å²) in [7, 11) is 0. The number of nitrogens with zero attached hydrogens (tertiary/aromatic N) is 3. The summed E-state index contributed by atoms with van der Waals surface area (Å²) in [6.45, 7) is 4.20. The second-order valence-electron chi connectivity index (χ2n) is 5.91. The highest BCUT2D eigenvalue weighted by Gasteiger charge is 2.22. The maximum Gasteiger partial charge on any atom is 0.254 e. The van der Waals surface area contributed by atoms with Crippen LogP contribution >= 0.6 is 15.9 Å². The van der Waals surface area contributed by atoms with E-state index in [1.807, 2.05) is 56.3 Å². The molecule has 0 atom stereocenters. The maximum absolute atomic E-state index is 12.8. The molecule has 0 aliphatic carbocycles. The van der Waals surface area contributed by atoms with Crippen LogP contribution in [0.25, 0.3) is 11.4 Å². The minimum atomic E-state index is -0.0676. The van der Waals surface area contributed by atoms with Gasteiger partial charge >= 0.3 is 0 Å². The summed E-state index contributed by atoms with van der Waals surface area (Å²) >= 11 is 3.38. The molecule has 0 radical (unpaired) electrons. The zero-order chi connectivity index (χ0) is 17.8. The third-order valence-corrected chi connectivity index (χ3v) is 4.31. The van der Waals surface area contributed by atoms with E-state index in [-0.39, 0.29) is 18.5 Å². The first kappa shape index (κ1) is 17.4. The molecule has 0 aliphatic heterocycles. The van der Waals surface area contributed by atoms with Crippen molar-refractivity contribution in [2.75, 3.05) is 0 Å². The maximum atomic E-state index is 12.8. The van der Waals surface area contributed by atoms with Crippen molar-refractivity contribution in [2.24, 2.45) is 0 Å². The number of benzene rings is 2. The number of amides is 1. The predicted octanol–water partition coefficient (Wildman–Crippen LogP) is 4.55. The largest absolute Gasteiger partial charge is 0.337 e. The molecule has 0 spiro atoms. The van der Waals surface area contributed by atoms with Crippen LogP contribution in [0.3, 0.4) is 0 Å². The standard InChI is InChI=1S/C19H18BrN3O2/c1-13(2)23(19(24)15-8-10-16(20)11-9-15)12-17-21-18(22-25-17)14-6-4-3-5-7-14/h3-11,13H,12H2,1-2H3. The molecule has 3 rings (SSSR count). The van der Waals surface area contributed by atoms with Crippen LogP contribution < -0.4 is 0 Å². The molecule has 1 aromatic heterocycles. The lowest BCUT2D eigenvalue weighted by Crippen LogP contribution is -2.36. The van der Waals surface area contributed by atoms with Crippen LogP contribution in [0.2, 0.25) is 0 Å². The van der Waals surface area contributed by atoms with E-state index in [1.54, 1.807) is 17.0 Å². The number of aromatic nitrogens is 2. The average Bonchev–Trinajstić information content (AvgIpc) is 3.09. The molecule has 0 fully saturated rings. The van der Waals surface area contributed by atoms with E-state index in [2.05, 4.69) is 26.1 Å². The number of carbonyl (C=O) groups excluding carboxylic acids is 1. The van der Waals surface area contributed by atoms with Gasteiger partial charge in [-0.1, -0.05) is 51.4 Å². The smallest absolute Gasteiger partial charge is 0.254 e. The number of hydrogen-bond acceptors (Lipinski definition) is 4. The molecule has 1 heterocycles. The van der Waals surface area contributed by atoms with Crippen molar-refractivity contribution in [2.45, 2.75) is 26.4 Å². The topological polar surface area (TPSA) is 59.2 Å². The Bertz CT molecular complexity index is 845. The fourth-order valence-electron chi connectivity index (χ4n) is 2.42. The lowest BCUT2D eigenvalue weighted by atomic mass is 10.1. The summed E-state index contributed by atoms with van der Waals surface area (Å²) in [5.41, 5.74) is 1.51. The van der Waals surface area contributed by atoms with Crippen LogP contribution in [0.1, 0.15) is 30.1 Å². The van der Waals surface area contributed by atoms with Gasteiger partial charge in [0.05, 0.1) is 0 Å². The zero-order valence-corrected chi connectivity index (χ0v) is 15.6. The molecule has 0 bridgehead atoms. The van der Waals surface area contributed by atoms with Gasteiger partial charge in [0.25, 0.3) is 5.91 Å². The van der Waals surface area contributed by atoms with E-state index in [0.717, 1.165) is 10.0 Å². The van der Waals surface area contributed by atoms with Crippen molar-refractivity contribution in [1.82, 2.24) is 15.0 Å².